The fourth-order valence-electron chi connectivity index (χ4n) is 2.82. The second-order valence-corrected chi connectivity index (χ2v) is 6.09. The molecule has 7 heteroatoms. The van der Waals surface area contributed by atoms with Crippen molar-refractivity contribution in [2.24, 2.45) is 0 Å². The third-order valence-electron chi connectivity index (χ3n) is 4.37. The maximum Gasteiger partial charge on any atom is 0.253 e. The minimum absolute atomic E-state index is 0.176. The quantitative estimate of drug-likeness (QED) is 0.889. The number of amides is 1. The van der Waals surface area contributed by atoms with Gasteiger partial charge in [0.2, 0.25) is 0 Å². The van der Waals surface area contributed by atoms with Gasteiger partial charge >= 0.3 is 0 Å². The summed E-state index contributed by atoms with van der Waals surface area (Å²) in [6.07, 6.45) is 1.56. The zero-order chi connectivity index (χ0) is 18.5. The standard InChI is InChI=1S/C19H22FN3O3/c1-13(14-3-5-17(25-2)16(20)11-14)22-19(24)15-4-6-18(21-12-15)23-7-9-26-10-8-23/h3-6,11-13H,7-10H2,1-2H3,(H,22,24). The van der Waals surface area contributed by atoms with Crippen LogP contribution >= 0.6 is 0 Å². The first-order valence-electron chi connectivity index (χ1n) is 8.51. The fourth-order valence-corrected chi connectivity index (χ4v) is 2.82. The van der Waals surface area contributed by atoms with Crippen molar-refractivity contribution in [3.63, 3.8) is 0 Å². The van der Waals surface area contributed by atoms with E-state index in [2.05, 4.69) is 15.2 Å². The van der Waals surface area contributed by atoms with Gasteiger partial charge in [0, 0.05) is 19.3 Å². The van der Waals surface area contributed by atoms with Crippen molar-refractivity contribution in [3.8, 4) is 5.75 Å². The van der Waals surface area contributed by atoms with Crippen molar-refractivity contribution >= 4 is 11.7 Å². The van der Waals surface area contributed by atoms with E-state index >= 15 is 0 Å². The SMILES string of the molecule is COc1ccc(C(C)NC(=O)c2ccc(N3CCOCC3)nc2)cc1F. The van der Waals surface area contributed by atoms with Crippen LogP contribution in [0.4, 0.5) is 10.2 Å². The van der Waals surface area contributed by atoms with E-state index in [1.807, 2.05) is 6.07 Å². The van der Waals surface area contributed by atoms with Crippen molar-refractivity contribution in [3.05, 3.63) is 53.5 Å². The van der Waals surface area contributed by atoms with E-state index in [9.17, 15) is 9.18 Å². The van der Waals surface area contributed by atoms with Crippen LogP contribution in [0.1, 0.15) is 28.9 Å². The number of aromatic nitrogens is 1. The minimum Gasteiger partial charge on any atom is -0.494 e. The number of carbonyl (C=O) groups excluding carboxylic acids is 1. The van der Waals surface area contributed by atoms with Gasteiger partial charge in [0.25, 0.3) is 5.91 Å². The predicted octanol–water partition coefficient (Wildman–Crippen LogP) is 2.56. The van der Waals surface area contributed by atoms with Gasteiger partial charge in [-0.3, -0.25) is 4.79 Å². The number of rotatable bonds is 5. The topological polar surface area (TPSA) is 63.7 Å². The Morgan fingerprint density at radius 3 is 2.69 bits per heavy atom. The molecule has 138 valence electrons. The summed E-state index contributed by atoms with van der Waals surface area (Å²) >= 11 is 0. The van der Waals surface area contributed by atoms with Crippen LogP contribution in [0.5, 0.6) is 5.75 Å². The largest absolute Gasteiger partial charge is 0.494 e. The van der Waals surface area contributed by atoms with Crippen LogP contribution in [0, 0.1) is 5.82 Å². The molecule has 1 atom stereocenters. The first-order valence-corrected chi connectivity index (χ1v) is 8.51. The molecule has 1 aromatic heterocycles. The number of carbonyl (C=O) groups is 1. The molecule has 1 saturated heterocycles. The molecule has 26 heavy (non-hydrogen) atoms. The number of halogens is 1. The van der Waals surface area contributed by atoms with E-state index in [-0.39, 0.29) is 17.7 Å². The molecule has 1 aliphatic heterocycles. The second-order valence-electron chi connectivity index (χ2n) is 6.09. The average Bonchev–Trinajstić information content (AvgIpc) is 2.68. The molecule has 0 spiro atoms. The predicted molar refractivity (Wildman–Crippen MR) is 96.1 cm³/mol. The van der Waals surface area contributed by atoms with Gasteiger partial charge in [0.1, 0.15) is 5.82 Å². The van der Waals surface area contributed by atoms with Crippen LogP contribution in [-0.2, 0) is 4.74 Å². The van der Waals surface area contributed by atoms with Crippen molar-refractivity contribution < 1.29 is 18.7 Å². The number of nitrogens with one attached hydrogen (secondary N) is 1. The Morgan fingerprint density at radius 1 is 1.31 bits per heavy atom. The highest BCUT2D eigenvalue weighted by Gasteiger charge is 2.16. The number of benzene rings is 1. The smallest absolute Gasteiger partial charge is 0.253 e. The highest BCUT2D eigenvalue weighted by molar-refractivity contribution is 5.94. The van der Waals surface area contributed by atoms with E-state index in [4.69, 9.17) is 9.47 Å². The van der Waals surface area contributed by atoms with Gasteiger partial charge in [-0.15, -0.1) is 0 Å². The monoisotopic (exact) mass is 359 g/mol. The van der Waals surface area contributed by atoms with Gasteiger partial charge in [-0.05, 0) is 36.8 Å². The van der Waals surface area contributed by atoms with Gasteiger partial charge in [-0.25, -0.2) is 9.37 Å². The van der Waals surface area contributed by atoms with Crippen molar-refractivity contribution in [1.29, 1.82) is 0 Å². The molecule has 0 bridgehead atoms. The highest BCUT2D eigenvalue weighted by Crippen LogP contribution is 2.22. The number of anilines is 1. The van der Waals surface area contributed by atoms with Gasteiger partial charge in [0.15, 0.2) is 11.6 Å². The number of hydrogen-bond donors (Lipinski definition) is 1. The summed E-state index contributed by atoms with van der Waals surface area (Å²) in [5, 5.41) is 2.86. The van der Waals surface area contributed by atoms with Crippen LogP contribution in [0.2, 0.25) is 0 Å². The molecular weight excluding hydrogens is 337 g/mol. The number of nitrogens with zero attached hydrogens (tertiary/aromatic N) is 2. The second kappa shape index (κ2) is 8.14. The van der Waals surface area contributed by atoms with Crippen molar-refractivity contribution in [2.75, 3.05) is 38.3 Å². The first-order chi connectivity index (χ1) is 12.6. The van der Waals surface area contributed by atoms with Gasteiger partial charge in [0.05, 0.1) is 31.9 Å². The molecule has 1 fully saturated rings. The molecule has 1 unspecified atom stereocenters. The van der Waals surface area contributed by atoms with Gasteiger partial charge in [-0.2, -0.15) is 0 Å². The molecule has 1 aromatic carbocycles. The Labute approximate surface area is 151 Å². The maximum absolute atomic E-state index is 13.8. The molecule has 0 aliphatic carbocycles. The first kappa shape index (κ1) is 18.1. The van der Waals surface area contributed by atoms with Crippen molar-refractivity contribution in [1.82, 2.24) is 10.3 Å². The van der Waals surface area contributed by atoms with Crippen LogP contribution in [-0.4, -0.2) is 44.3 Å². The molecule has 2 heterocycles. The number of ether oxygens (including phenoxy) is 2. The van der Waals surface area contributed by atoms with Crippen LogP contribution < -0.4 is 15.0 Å². The van der Waals surface area contributed by atoms with Crippen LogP contribution in [0.3, 0.4) is 0 Å². The Morgan fingerprint density at radius 2 is 2.08 bits per heavy atom. The molecule has 0 radical (unpaired) electrons. The lowest BCUT2D eigenvalue weighted by molar-refractivity contribution is 0.0939. The van der Waals surface area contributed by atoms with E-state index in [1.165, 1.54) is 13.2 Å². The van der Waals surface area contributed by atoms with E-state index in [1.54, 1.807) is 31.3 Å². The molecular formula is C19H22FN3O3. The summed E-state index contributed by atoms with van der Waals surface area (Å²) in [5.41, 5.74) is 1.12. The van der Waals surface area contributed by atoms with E-state index < -0.39 is 5.82 Å². The van der Waals surface area contributed by atoms with Crippen LogP contribution in [0.15, 0.2) is 36.5 Å². The lowest BCUT2D eigenvalue weighted by Crippen LogP contribution is -2.36. The van der Waals surface area contributed by atoms with E-state index in [0.29, 0.717) is 24.3 Å². The Kier molecular flexibility index (Phi) is 5.68. The van der Waals surface area contributed by atoms with Crippen LogP contribution in [0.25, 0.3) is 0 Å². The maximum atomic E-state index is 13.8. The molecule has 1 aliphatic rings. The third kappa shape index (κ3) is 4.11. The van der Waals surface area contributed by atoms with Gasteiger partial charge in [-0.1, -0.05) is 6.07 Å². The fraction of sp³-hybridized carbons (Fsp3) is 0.368. The number of methoxy groups -OCH3 is 1. The lowest BCUT2D eigenvalue weighted by Gasteiger charge is -2.27. The summed E-state index contributed by atoms with van der Waals surface area (Å²) in [6.45, 7) is 4.74. The summed E-state index contributed by atoms with van der Waals surface area (Å²) in [5.74, 6) is 0.294. The third-order valence-corrected chi connectivity index (χ3v) is 4.37. The number of morpholine rings is 1. The number of hydrogen-bond acceptors (Lipinski definition) is 5. The highest BCUT2D eigenvalue weighted by atomic mass is 19.1. The zero-order valence-electron chi connectivity index (χ0n) is 14.9. The normalized spacial score (nSPS) is 15.4. The molecule has 6 nitrogen and oxygen atoms in total. The average molecular weight is 359 g/mol. The summed E-state index contributed by atoms with van der Waals surface area (Å²) in [4.78, 5) is 18.9. The minimum atomic E-state index is -0.456. The molecule has 0 saturated carbocycles. The lowest BCUT2D eigenvalue weighted by atomic mass is 10.1. The molecule has 3 rings (SSSR count). The summed E-state index contributed by atoms with van der Waals surface area (Å²) < 4.78 is 24.1. The Bertz CT molecular complexity index is 761. The molecule has 1 N–H and O–H groups in total. The van der Waals surface area contributed by atoms with Crippen molar-refractivity contribution in [2.45, 2.75) is 13.0 Å². The molecule has 2 aromatic rings. The summed E-state index contributed by atoms with van der Waals surface area (Å²) in [7, 11) is 1.41. The zero-order valence-corrected chi connectivity index (χ0v) is 14.9. The number of pyridine rings is 1. The molecule has 1 amide bonds. The van der Waals surface area contributed by atoms with Gasteiger partial charge < -0.3 is 19.7 Å². The Hall–Kier alpha value is -2.67. The summed E-state index contributed by atoms with van der Waals surface area (Å²) in [6, 6.07) is 7.87. The van der Waals surface area contributed by atoms with E-state index in [0.717, 1.165) is 18.9 Å². The Balaban J connectivity index is 1.64.